The van der Waals surface area contributed by atoms with E-state index in [1.54, 1.807) is 39.0 Å². The molecule has 2 bridgehead atoms. The standard InChI is InChI=1S/C22H30ClN3O5/c1-20(2,3)31-19(29)26-22-8-6-21(7-9-22,11-17(22)27)25-18(28)16-12-24-14-10-13(23)4-5-15(14)30-16/h4-5,10,16-17,24,27H,6-9,11-12H2,1-3H3,(H,25,28)(H,26,29)/t16-,17+,21?,22?/m0/s1. The zero-order valence-electron chi connectivity index (χ0n) is 18.1. The van der Waals surface area contributed by atoms with Crippen molar-refractivity contribution in [2.75, 3.05) is 11.9 Å². The van der Waals surface area contributed by atoms with Gasteiger partial charge in [-0.05, 0) is 71.1 Å². The number of anilines is 1. The number of carbonyl (C=O) groups excluding carboxylic acids is 2. The second kappa shape index (κ2) is 7.74. The monoisotopic (exact) mass is 451 g/mol. The number of carbonyl (C=O) groups is 2. The third-order valence-corrected chi connectivity index (χ3v) is 6.68. The average molecular weight is 452 g/mol. The number of nitrogens with one attached hydrogen (secondary N) is 3. The van der Waals surface area contributed by atoms with Gasteiger partial charge in [0.2, 0.25) is 0 Å². The Morgan fingerprint density at radius 2 is 1.94 bits per heavy atom. The van der Waals surface area contributed by atoms with E-state index in [0.29, 0.717) is 49.4 Å². The molecule has 0 radical (unpaired) electrons. The molecule has 1 aromatic rings. The van der Waals surface area contributed by atoms with E-state index in [-0.39, 0.29) is 5.91 Å². The maximum Gasteiger partial charge on any atom is 0.408 e. The minimum atomic E-state index is -0.768. The lowest BCUT2D eigenvalue weighted by molar-refractivity contribution is -0.134. The van der Waals surface area contributed by atoms with E-state index in [2.05, 4.69) is 16.0 Å². The number of ether oxygens (including phenoxy) is 2. The fourth-order valence-electron chi connectivity index (χ4n) is 4.80. The first-order valence-electron chi connectivity index (χ1n) is 10.7. The Morgan fingerprint density at radius 1 is 1.23 bits per heavy atom. The van der Waals surface area contributed by atoms with E-state index in [0.717, 1.165) is 5.69 Å². The molecule has 4 aliphatic rings. The van der Waals surface area contributed by atoms with E-state index in [9.17, 15) is 14.7 Å². The third-order valence-electron chi connectivity index (χ3n) is 6.44. The molecule has 2 amide bonds. The Hall–Kier alpha value is -2.19. The van der Waals surface area contributed by atoms with Crippen molar-refractivity contribution in [3.8, 4) is 5.75 Å². The highest BCUT2D eigenvalue weighted by atomic mass is 35.5. The largest absolute Gasteiger partial charge is 0.477 e. The van der Waals surface area contributed by atoms with Crippen LogP contribution in [0.15, 0.2) is 18.2 Å². The molecule has 0 spiro atoms. The molecule has 1 aliphatic heterocycles. The molecule has 0 unspecified atom stereocenters. The summed E-state index contributed by atoms with van der Waals surface area (Å²) in [5.41, 5.74) is -1.06. The van der Waals surface area contributed by atoms with E-state index in [1.807, 2.05) is 0 Å². The minimum absolute atomic E-state index is 0.213. The van der Waals surface area contributed by atoms with Crippen LogP contribution in [0.5, 0.6) is 5.75 Å². The molecule has 1 heterocycles. The summed E-state index contributed by atoms with van der Waals surface area (Å²) in [6.07, 6.45) is 0.879. The zero-order valence-corrected chi connectivity index (χ0v) is 18.8. The second-order valence-corrected chi connectivity index (χ2v) is 10.3. The van der Waals surface area contributed by atoms with E-state index in [4.69, 9.17) is 21.1 Å². The quantitative estimate of drug-likeness (QED) is 0.562. The van der Waals surface area contributed by atoms with Crippen LogP contribution in [0.4, 0.5) is 10.5 Å². The van der Waals surface area contributed by atoms with Crippen molar-refractivity contribution in [1.82, 2.24) is 10.6 Å². The van der Waals surface area contributed by atoms with Gasteiger partial charge in [-0.3, -0.25) is 4.79 Å². The Bertz CT molecular complexity index is 876. The van der Waals surface area contributed by atoms with E-state index < -0.39 is 35.0 Å². The van der Waals surface area contributed by atoms with Gasteiger partial charge in [0.1, 0.15) is 11.4 Å². The molecule has 5 rings (SSSR count). The second-order valence-electron chi connectivity index (χ2n) is 9.90. The molecule has 0 aromatic heterocycles. The lowest BCUT2D eigenvalue weighted by atomic mass is 9.60. The number of benzene rings is 1. The SMILES string of the molecule is CC(C)(C)OC(=O)NC12CCC(NC(=O)[C@@H]3CNc4cc(Cl)ccc4O3)(CC1)C[C@H]2O. The van der Waals surface area contributed by atoms with Crippen molar-refractivity contribution in [3.63, 3.8) is 0 Å². The van der Waals surface area contributed by atoms with Crippen LogP contribution in [0.3, 0.4) is 0 Å². The lowest BCUT2D eigenvalue weighted by Gasteiger charge is -2.56. The van der Waals surface area contributed by atoms with Crippen LogP contribution in [0, 0.1) is 0 Å². The van der Waals surface area contributed by atoms with Gasteiger partial charge in [0.25, 0.3) is 5.91 Å². The smallest absolute Gasteiger partial charge is 0.408 e. The molecular formula is C22H30ClN3O5. The molecule has 31 heavy (non-hydrogen) atoms. The Labute approximate surface area is 187 Å². The number of halogens is 1. The van der Waals surface area contributed by atoms with Gasteiger partial charge in [-0.15, -0.1) is 0 Å². The number of hydrogen-bond donors (Lipinski definition) is 4. The molecule has 4 N–H and O–H groups in total. The van der Waals surface area contributed by atoms with E-state index in [1.165, 1.54) is 0 Å². The zero-order chi connectivity index (χ0) is 22.4. The van der Waals surface area contributed by atoms with Crippen LogP contribution < -0.4 is 20.7 Å². The summed E-state index contributed by atoms with van der Waals surface area (Å²) in [6, 6.07) is 5.22. The van der Waals surface area contributed by atoms with Crippen LogP contribution in [-0.4, -0.2) is 52.5 Å². The number of hydrogen-bond acceptors (Lipinski definition) is 6. The Balaban J connectivity index is 1.38. The molecule has 9 heteroatoms. The molecule has 1 aromatic carbocycles. The summed E-state index contributed by atoms with van der Waals surface area (Å²) in [5, 5.41) is 20.7. The van der Waals surface area contributed by atoms with Gasteiger partial charge in [-0.25, -0.2) is 4.79 Å². The molecule has 0 saturated heterocycles. The van der Waals surface area contributed by atoms with Gasteiger partial charge in [0, 0.05) is 10.6 Å². The van der Waals surface area contributed by atoms with Crippen LogP contribution >= 0.6 is 11.6 Å². The van der Waals surface area contributed by atoms with Crippen LogP contribution in [-0.2, 0) is 9.53 Å². The fourth-order valence-corrected chi connectivity index (χ4v) is 4.97. The van der Waals surface area contributed by atoms with Crippen molar-refractivity contribution in [1.29, 1.82) is 0 Å². The minimum Gasteiger partial charge on any atom is -0.477 e. The molecule has 2 atom stereocenters. The highest BCUT2D eigenvalue weighted by Crippen LogP contribution is 2.47. The number of aliphatic hydroxyl groups is 1. The number of alkyl carbamates (subject to hydrolysis) is 1. The first kappa shape index (κ1) is 22.0. The highest BCUT2D eigenvalue weighted by Gasteiger charge is 2.56. The summed E-state index contributed by atoms with van der Waals surface area (Å²) in [4.78, 5) is 25.3. The number of rotatable bonds is 3. The maximum absolute atomic E-state index is 13.0. The number of amides is 2. The molecule has 3 fully saturated rings. The Kier molecular flexibility index (Phi) is 5.50. The van der Waals surface area contributed by atoms with Crippen molar-refractivity contribution in [2.45, 2.75) is 81.8 Å². The van der Waals surface area contributed by atoms with Crippen molar-refractivity contribution in [2.24, 2.45) is 0 Å². The van der Waals surface area contributed by atoms with E-state index >= 15 is 0 Å². The number of aliphatic hydroxyl groups excluding tert-OH is 1. The van der Waals surface area contributed by atoms with Gasteiger partial charge in [0.05, 0.1) is 23.9 Å². The normalized spacial score (nSPS) is 31.6. The topological polar surface area (TPSA) is 109 Å². The third kappa shape index (κ3) is 4.55. The summed E-state index contributed by atoms with van der Waals surface area (Å²) >= 11 is 6.00. The van der Waals surface area contributed by atoms with Crippen LogP contribution in [0.25, 0.3) is 0 Å². The number of fused-ring (bicyclic) bond motifs is 4. The van der Waals surface area contributed by atoms with Crippen molar-refractivity contribution < 1.29 is 24.2 Å². The highest BCUT2D eigenvalue weighted by molar-refractivity contribution is 6.30. The fraction of sp³-hybridized carbons (Fsp3) is 0.636. The molecule has 3 aliphatic carbocycles. The average Bonchev–Trinajstić information content (AvgIpc) is 2.67. The molecular weight excluding hydrogens is 422 g/mol. The predicted molar refractivity (Wildman–Crippen MR) is 116 cm³/mol. The summed E-state index contributed by atoms with van der Waals surface area (Å²) in [6.45, 7) is 5.75. The van der Waals surface area contributed by atoms with Gasteiger partial charge in [-0.1, -0.05) is 11.6 Å². The molecule has 8 nitrogen and oxygen atoms in total. The summed E-state index contributed by atoms with van der Waals surface area (Å²) in [7, 11) is 0. The predicted octanol–water partition coefficient (Wildman–Crippen LogP) is 2.97. The summed E-state index contributed by atoms with van der Waals surface area (Å²) in [5.74, 6) is 0.371. The van der Waals surface area contributed by atoms with Crippen molar-refractivity contribution >= 4 is 29.3 Å². The first-order chi connectivity index (χ1) is 14.5. The van der Waals surface area contributed by atoms with Gasteiger partial charge in [0.15, 0.2) is 6.10 Å². The van der Waals surface area contributed by atoms with Crippen LogP contribution in [0.2, 0.25) is 5.02 Å². The molecule has 3 saturated carbocycles. The maximum atomic E-state index is 13.0. The lowest BCUT2D eigenvalue weighted by Crippen LogP contribution is -2.71. The first-order valence-corrected chi connectivity index (χ1v) is 11.1. The van der Waals surface area contributed by atoms with Gasteiger partial charge in [-0.2, -0.15) is 0 Å². The van der Waals surface area contributed by atoms with Gasteiger partial charge >= 0.3 is 6.09 Å². The van der Waals surface area contributed by atoms with Gasteiger partial charge < -0.3 is 30.5 Å². The van der Waals surface area contributed by atoms with Crippen LogP contribution in [0.1, 0.15) is 52.9 Å². The molecule has 170 valence electrons. The summed E-state index contributed by atoms with van der Waals surface area (Å²) < 4.78 is 11.2. The Morgan fingerprint density at radius 3 is 2.58 bits per heavy atom. The van der Waals surface area contributed by atoms with Crippen molar-refractivity contribution in [3.05, 3.63) is 23.2 Å².